The lowest BCUT2D eigenvalue weighted by Crippen LogP contribution is -2.49. The summed E-state index contributed by atoms with van der Waals surface area (Å²) >= 11 is 1.36. The highest BCUT2D eigenvalue weighted by atomic mass is 32.2. The van der Waals surface area contributed by atoms with E-state index in [-0.39, 0.29) is 5.91 Å². The van der Waals surface area contributed by atoms with Gasteiger partial charge in [0.25, 0.3) is 0 Å². The predicted octanol–water partition coefficient (Wildman–Crippen LogP) is 1.51. The summed E-state index contributed by atoms with van der Waals surface area (Å²) < 4.78 is 1.72. The van der Waals surface area contributed by atoms with Gasteiger partial charge in [-0.25, -0.2) is 4.98 Å². The van der Waals surface area contributed by atoms with E-state index in [2.05, 4.69) is 30.4 Å². The Morgan fingerprint density at radius 2 is 1.86 bits per heavy atom. The average molecular weight is 411 g/mol. The molecule has 1 aliphatic rings. The van der Waals surface area contributed by atoms with Crippen LogP contribution in [0.2, 0.25) is 0 Å². The number of amides is 1. The maximum Gasteiger partial charge on any atom is 0.233 e. The fourth-order valence-electron chi connectivity index (χ4n) is 3.41. The van der Waals surface area contributed by atoms with Crippen LogP contribution in [0.1, 0.15) is 11.1 Å². The lowest BCUT2D eigenvalue weighted by molar-refractivity contribution is -0.128. The molecule has 1 fully saturated rings. The number of anilines is 1. The van der Waals surface area contributed by atoms with Gasteiger partial charge in [-0.05, 0) is 35.4 Å². The van der Waals surface area contributed by atoms with Gasteiger partial charge in [0.15, 0.2) is 0 Å². The first-order chi connectivity index (χ1) is 14.1. The molecule has 0 bridgehead atoms. The van der Waals surface area contributed by atoms with Crippen LogP contribution in [0.4, 0.5) is 5.82 Å². The molecular weight excluding hydrogens is 388 g/mol. The molecule has 9 nitrogen and oxygen atoms in total. The molecule has 0 radical (unpaired) electrons. The van der Waals surface area contributed by atoms with Crippen molar-refractivity contribution in [2.24, 2.45) is 0 Å². The number of carbonyl (C=O) groups excluding carboxylic acids is 1. The minimum absolute atomic E-state index is 0.0878. The van der Waals surface area contributed by atoms with E-state index in [0.29, 0.717) is 24.0 Å². The van der Waals surface area contributed by atoms with Crippen LogP contribution in [0.3, 0.4) is 0 Å². The molecule has 2 aromatic heterocycles. The van der Waals surface area contributed by atoms with Gasteiger partial charge < -0.3 is 9.80 Å². The van der Waals surface area contributed by atoms with Crippen LogP contribution >= 0.6 is 11.8 Å². The number of piperazine rings is 1. The highest BCUT2D eigenvalue weighted by molar-refractivity contribution is 7.99. The number of hydrogen-bond acceptors (Lipinski definition) is 8. The van der Waals surface area contributed by atoms with E-state index < -0.39 is 0 Å². The summed E-state index contributed by atoms with van der Waals surface area (Å²) in [6, 6.07) is 6.07. The summed E-state index contributed by atoms with van der Waals surface area (Å²) in [6.07, 6.45) is 5.09. The molecule has 150 valence electrons. The lowest BCUT2D eigenvalue weighted by atomic mass is 10.1. The molecule has 1 aromatic carbocycles. The van der Waals surface area contributed by atoms with Gasteiger partial charge >= 0.3 is 0 Å². The smallest absolute Gasteiger partial charge is 0.233 e. The largest absolute Gasteiger partial charge is 0.352 e. The van der Waals surface area contributed by atoms with E-state index in [0.717, 1.165) is 35.7 Å². The zero-order chi connectivity index (χ0) is 20.2. The molecule has 1 amide bonds. The summed E-state index contributed by atoms with van der Waals surface area (Å²) in [5.41, 5.74) is 3.14. The van der Waals surface area contributed by atoms with Gasteiger partial charge in [-0.15, -0.1) is 5.10 Å². The topological polar surface area (TPSA) is 92.9 Å². The molecule has 0 spiro atoms. The number of hydrogen-bond donors (Lipinski definition) is 0. The predicted molar refractivity (Wildman–Crippen MR) is 110 cm³/mol. The van der Waals surface area contributed by atoms with Crippen LogP contribution in [0.25, 0.3) is 5.69 Å². The Labute approximate surface area is 173 Å². The molecule has 0 N–H and O–H groups in total. The fraction of sp³-hybridized carbons (Fsp3) is 0.368. The van der Waals surface area contributed by atoms with Crippen molar-refractivity contribution >= 4 is 23.5 Å². The molecule has 29 heavy (non-hydrogen) atoms. The molecule has 1 saturated heterocycles. The van der Waals surface area contributed by atoms with Crippen molar-refractivity contribution in [2.75, 3.05) is 36.8 Å². The average Bonchev–Trinajstić information content (AvgIpc) is 3.21. The molecule has 1 aliphatic heterocycles. The molecule has 3 heterocycles. The van der Waals surface area contributed by atoms with Gasteiger partial charge in [-0.3, -0.25) is 9.78 Å². The number of carbonyl (C=O) groups is 1. The van der Waals surface area contributed by atoms with Crippen molar-refractivity contribution in [1.82, 2.24) is 35.1 Å². The normalized spacial score (nSPS) is 14.3. The van der Waals surface area contributed by atoms with Crippen molar-refractivity contribution in [3.63, 3.8) is 0 Å². The first-order valence-electron chi connectivity index (χ1n) is 9.40. The Morgan fingerprint density at radius 1 is 1.10 bits per heavy atom. The molecule has 4 rings (SSSR count). The summed E-state index contributed by atoms with van der Waals surface area (Å²) in [4.78, 5) is 25.2. The minimum Gasteiger partial charge on any atom is -0.352 e. The molecule has 0 unspecified atom stereocenters. The second-order valence-electron chi connectivity index (χ2n) is 6.83. The molecular formula is C19H22N8OS. The van der Waals surface area contributed by atoms with Gasteiger partial charge in [0.2, 0.25) is 11.1 Å². The van der Waals surface area contributed by atoms with E-state index in [1.807, 2.05) is 36.9 Å². The third-order valence-corrected chi connectivity index (χ3v) is 5.83. The number of nitrogens with zero attached hydrogens (tertiary/aromatic N) is 8. The number of thioether (sulfide) groups is 1. The highest BCUT2D eigenvalue weighted by Gasteiger charge is 2.23. The maximum atomic E-state index is 12.7. The van der Waals surface area contributed by atoms with E-state index in [1.54, 1.807) is 23.3 Å². The minimum atomic E-state index is 0.0878. The second kappa shape index (κ2) is 8.56. The Kier molecular flexibility index (Phi) is 5.70. The first-order valence-corrected chi connectivity index (χ1v) is 10.4. The third-order valence-electron chi connectivity index (χ3n) is 4.92. The number of rotatable bonds is 5. The van der Waals surface area contributed by atoms with Gasteiger partial charge in [-0.1, -0.05) is 30.0 Å². The molecule has 10 heteroatoms. The van der Waals surface area contributed by atoms with Crippen molar-refractivity contribution in [2.45, 2.75) is 19.0 Å². The van der Waals surface area contributed by atoms with Gasteiger partial charge in [-0.2, -0.15) is 4.68 Å². The second-order valence-corrected chi connectivity index (χ2v) is 7.78. The van der Waals surface area contributed by atoms with Crippen LogP contribution in [-0.2, 0) is 4.79 Å². The standard InChI is InChI=1S/C19H22N8OS/c1-14-4-3-5-15(2)18(14)27-19(22-23-24-27)29-13-17(28)26-10-8-25(9-11-26)16-12-20-6-7-21-16/h3-7,12H,8-11,13H2,1-2H3. The third kappa shape index (κ3) is 4.21. The summed E-state index contributed by atoms with van der Waals surface area (Å²) in [6.45, 7) is 6.88. The Morgan fingerprint density at radius 3 is 2.55 bits per heavy atom. The SMILES string of the molecule is Cc1cccc(C)c1-n1nnnc1SCC(=O)N1CCN(c2cnccn2)CC1. The van der Waals surface area contributed by atoms with E-state index in [9.17, 15) is 4.79 Å². The van der Waals surface area contributed by atoms with Crippen LogP contribution < -0.4 is 4.90 Å². The number of para-hydroxylation sites is 1. The van der Waals surface area contributed by atoms with Gasteiger partial charge in [0, 0.05) is 38.6 Å². The van der Waals surface area contributed by atoms with Crippen molar-refractivity contribution in [3.05, 3.63) is 47.9 Å². The van der Waals surface area contributed by atoms with Crippen molar-refractivity contribution in [3.8, 4) is 5.69 Å². The van der Waals surface area contributed by atoms with Gasteiger partial charge in [0.05, 0.1) is 17.6 Å². The fourth-order valence-corrected chi connectivity index (χ4v) is 4.19. The van der Waals surface area contributed by atoms with Crippen LogP contribution in [0.5, 0.6) is 0 Å². The number of aromatic nitrogens is 6. The van der Waals surface area contributed by atoms with E-state index in [4.69, 9.17) is 0 Å². The summed E-state index contributed by atoms with van der Waals surface area (Å²) in [7, 11) is 0. The van der Waals surface area contributed by atoms with Gasteiger partial charge in [0.1, 0.15) is 5.82 Å². The maximum absolute atomic E-state index is 12.7. The molecule has 0 atom stereocenters. The summed E-state index contributed by atoms with van der Waals surface area (Å²) in [5.74, 6) is 1.24. The van der Waals surface area contributed by atoms with Crippen LogP contribution in [-0.4, -0.2) is 72.9 Å². The van der Waals surface area contributed by atoms with Crippen LogP contribution in [0, 0.1) is 13.8 Å². The lowest BCUT2D eigenvalue weighted by Gasteiger charge is -2.35. The number of benzene rings is 1. The Bertz CT molecular complexity index is 965. The molecule has 0 saturated carbocycles. The monoisotopic (exact) mass is 410 g/mol. The number of aryl methyl sites for hydroxylation is 2. The number of tetrazole rings is 1. The zero-order valence-electron chi connectivity index (χ0n) is 16.4. The quantitative estimate of drug-likeness (QED) is 0.585. The zero-order valence-corrected chi connectivity index (χ0v) is 17.2. The first kappa shape index (κ1) is 19.3. The van der Waals surface area contributed by atoms with Crippen LogP contribution in [0.15, 0.2) is 41.9 Å². The summed E-state index contributed by atoms with van der Waals surface area (Å²) in [5, 5.41) is 12.7. The Hall–Kier alpha value is -3.01. The van der Waals surface area contributed by atoms with E-state index >= 15 is 0 Å². The molecule has 3 aromatic rings. The highest BCUT2D eigenvalue weighted by Crippen LogP contribution is 2.24. The van der Waals surface area contributed by atoms with Crippen molar-refractivity contribution in [1.29, 1.82) is 0 Å². The van der Waals surface area contributed by atoms with E-state index in [1.165, 1.54) is 11.8 Å². The Balaban J connectivity index is 1.36. The van der Waals surface area contributed by atoms with Crippen molar-refractivity contribution < 1.29 is 4.79 Å². The molecule has 0 aliphatic carbocycles.